The van der Waals surface area contributed by atoms with Gasteiger partial charge in [-0.2, -0.15) is 0 Å². The lowest BCUT2D eigenvalue weighted by Crippen LogP contribution is -2.37. The van der Waals surface area contributed by atoms with Crippen molar-refractivity contribution in [1.29, 1.82) is 0 Å². The first-order chi connectivity index (χ1) is 9.79. The van der Waals surface area contributed by atoms with Crippen molar-refractivity contribution in [1.82, 2.24) is 4.98 Å². The van der Waals surface area contributed by atoms with Crippen molar-refractivity contribution in [2.24, 2.45) is 5.73 Å². The van der Waals surface area contributed by atoms with Gasteiger partial charge in [0, 0.05) is 29.6 Å². The molecule has 1 aliphatic rings. The summed E-state index contributed by atoms with van der Waals surface area (Å²) in [5.74, 6) is 0. The molecule has 0 bridgehead atoms. The Morgan fingerprint density at radius 2 is 2.10 bits per heavy atom. The summed E-state index contributed by atoms with van der Waals surface area (Å²) < 4.78 is 0. The van der Waals surface area contributed by atoms with Gasteiger partial charge in [0.1, 0.15) is 0 Å². The molecule has 1 aliphatic heterocycles. The van der Waals surface area contributed by atoms with E-state index >= 15 is 0 Å². The molecule has 3 rings (SSSR count). The second-order valence-electron chi connectivity index (χ2n) is 5.38. The summed E-state index contributed by atoms with van der Waals surface area (Å²) in [4.78, 5) is 8.52. The Labute approximate surface area is 124 Å². The van der Waals surface area contributed by atoms with Crippen molar-refractivity contribution in [3.8, 4) is 11.3 Å². The van der Waals surface area contributed by atoms with Crippen molar-refractivity contribution >= 4 is 16.5 Å². The van der Waals surface area contributed by atoms with E-state index in [1.807, 2.05) is 6.07 Å². The predicted octanol–water partition coefficient (Wildman–Crippen LogP) is 3.65. The highest BCUT2D eigenvalue weighted by Crippen LogP contribution is 2.35. The van der Waals surface area contributed by atoms with E-state index in [0.717, 1.165) is 17.4 Å². The zero-order chi connectivity index (χ0) is 13.9. The van der Waals surface area contributed by atoms with E-state index in [-0.39, 0.29) is 0 Å². The molecule has 1 unspecified atom stereocenters. The minimum absolute atomic E-state index is 0.560. The number of nitrogens with zero attached hydrogens (tertiary/aromatic N) is 2. The minimum atomic E-state index is 0.560. The van der Waals surface area contributed by atoms with Gasteiger partial charge in [0.05, 0.1) is 5.69 Å². The summed E-state index contributed by atoms with van der Waals surface area (Å²) in [7, 11) is 0. The van der Waals surface area contributed by atoms with E-state index in [1.165, 1.54) is 29.7 Å². The number of nitrogens with two attached hydrogens (primary N) is 1. The van der Waals surface area contributed by atoms with Gasteiger partial charge in [-0.15, -0.1) is 0 Å². The molecule has 2 aromatic rings. The van der Waals surface area contributed by atoms with Gasteiger partial charge in [-0.25, -0.2) is 4.98 Å². The van der Waals surface area contributed by atoms with Gasteiger partial charge in [0.15, 0.2) is 5.13 Å². The first-order valence-electron chi connectivity index (χ1n) is 7.31. The van der Waals surface area contributed by atoms with Gasteiger partial charge >= 0.3 is 0 Å². The molecule has 2 N–H and O–H groups in total. The monoisotopic (exact) mass is 287 g/mol. The summed E-state index contributed by atoms with van der Waals surface area (Å²) in [6.07, 6.45) is 3.86. The third kappa shape index (κ3) is 2.58. The Hall–Kier alpha value is -1.39. The lowest BCUT2D eigenvalue weighted by molar-refractivity contribution is 0.484. The number of anilines is 1. The SMILES string of the molecule is CC1CCCCN1c1nc(-c2ccccc2)c(CN)s1. The number of aromatic nitrogens is 1. The van der Waals surface area contributed by atoms with Gasteiger partial charge in [-0.05, 0) is 26.2 Å². The fourth-order valence-electron chi connectivity index (χ4n) is 2.80. The van der Waals surface area contributed by atoms with Crippen LogP contribution in [0.4, 0.5) is 5.13 Å². The Morgan fingerprint density at radius 1 is 1.30 bits per heavy atom. The largest absolute Gasteiger partial charge is 0.345 e. The first-order valence-corrected chi connectivity index (χ1v) is 8.13. The van der Waals surface area contributed by atoms with E-state index in [2.05, 4.69) is 36.1 Å². The maximum absolute atomic E-state index is 5.92. The molecule has 4 heteroatoms. The zero-order valence-electron chi connectivity index (χ0n) is 11.9. The zero-order valence-corrected chi connectivity index (χ0v) is 12.7. The van der Waals surface area contributed by atoms with Gasteiger partial charge < -0.3 is 10.6 Å². The van der Waals surface area contributed by atoms with Crippen LogP contribution in [-0.4, -0.2) is 17.6 Å². The summed E-state index contributed by atoms with van der Waals surface area (Å²) >= 11 is 1.75. The quantitative estimate of drug-likeness (QED) is 0.937. The van der Waals surface area contributed by atoms with E-state index in [0.29, 0.717) is 12.6 Å². The summed E-state index contributed by atoms with van der Waals surface area (Å²) in [6, 6.07) is 10.9. The highest BCUT2D eigenvalue weighted by Gasteiger charge is 2.23. The molecule has 20 heavy (non-hydrogen) atoms. The molecule has 0 saturated carbocycles. The van der Waals surface area contributed by atoms with Crippen molar-refractivity contribution < 1.29 is 0 Å². The number of benzene rings is 1. The molecule has 0 amide bonds. The van der Waals surface area contributed by atoms with Crippen molar-refractivity contribution in [3.63, 3.8) is 0 Å². The molecular weight excluding hydrogens is 266 g/mol. The molecule has 3 nitrogen and oxygen atoms in total. The fourth-order valence-corrected chi connectivity index (χ4v) is 3.89. The second-order valence-corrected chi connectivity index (χ2v) is 6.44. The molecule has 0 radical (unpaired) electrons. The van der Waals surface area contributed by atoms with Crippen molar-refractivity contribution in [3.05, 3.63) is 35.2 Å². The van der Waals surface area contributed by atoms with Gasteiger partial charge in [-0.1, -0.05) is 41.7 Å². The third-order valence-corrected chi connectivity index (χ3v) is 5.08. The number of thiazole rings is 1. The second kappa shape index (κ2) is 5.94. The number of hydrogen-bond donors (Lipinski definition) is 1. The standard InChI is InChI=1S/C16H21N3S/c1-12-7-5-6-10-19(12)16-18-15(14(11-17)20-16)13-8-3-2-4-9-13/h2-4,8-9,12H,5-7,10-11,17H2,1H3. The molecule has 2 heterocycles. The lowest BCUT2D eigenvalue weighted by atomic mass is 10.0. The maximum atomic E-state index is 5.92. The third-order valence-electron chi connectivity index (χ3n) is 3.97. The van der Waals surface area contributed by atoms with Crippen LogP contribution in [-0.2, 0) is 6.54 Å². The van der Waals surface area contributed by atoms with E-state index in [1.54, 1.807) is 11.3 Å². The lowest BCUT2D eigenvalue weighted by Gasteiger charge is -2.33. The molecule has 0 aliphatic carbocycles. The molecule has 1 aromatic heterocycles. The number of rotatable bonds is 3. The van der Waals surface area contributed by atoms with Crippen LogP contribution in [0.2, 0.25) is 0 Å². The predicted molar refractivity (Wildman–Crippen MR) is 86.1 cm³/mol. The van der Waals surface area contributed by atoms with Crippen LogP contribution in [0.15, 0.2) is 30.3 Å². The fraction of sp³-hybridized carbons (Fsp3) is 0.438. The number of piperidine rings is 1. The van der Waals surface area contributed by atoms with Crippen molar-refractivity contribution in [2.45, 2.75) is 38.8 Å². The highest BCUT2D eigenvalue weighted by molar-refractivity contribution is 7.16. The molecule has 1 fully saturated rings. The van der Waals surface area contributed by atoms with Gasteiger partial charge in [-0.3, -0.25) is 0 Å². The molecular formula is C16H21N3S. The smallest absolute Gasteiger partial charge is 0.186 e. The van der Waals surface area contributed by atoms with E-state index < -0.39 is 0 Å². The van der Waals surface area contributed by atoms with E-state index in [9.17, 15) is 0 Å². The van der Waals surface area contributed by atoms with Crippen LogP contribution in [0.1, 0.15) is 31.1 Å². The molecule has 106 valence electrons. The normalized spacial score (nSPS) is 19.3. The molecule has 1 aromatic carbocycles. The van der Waals surface area contributed by atoms with Crippen LogP contribution in [0.25, 0.3) is 11.3 Å². The Bertz CT molecular complexity index is 564. The van der Waals surface area contributed by atoms with Crippen LogP contribution in [0, 0.1) is 0 Å². The summed E-state index contributed by atoms with van der Waals surface area (Å²) in [5.41, 5.74) is 8.15. The highest BCUT2D eigenvalue weighted by atomic mass is 32.1. The van der Waals surface area contributed by atoms with E-state index in [4.69, 9.17) is 10.7 Å². The average Bonchev–Trinajstić information content (AvgIpc) is 2.92. The summed E-state index contributed by atoms with van der Waals surface area (Å²) in [5, 5.41) is 1.14. The van der Waals surface area contributed by atoms with Crippen LogP contribution in [0.5, 0.6) is 0 Å². The first kappa shape index (κ1) is 13.6. The Balaban J connectivity index is 1.96. The minimum Gasteiger partial charge on any atom is -0.345 e. The average molecular weight is 287 g/mol. The van der Waals surface area contributed by atoms with Crippen LogP contribution < -0.4 is 10.6 Å². The van der Waals surface area contributed by atoms with Crippen LogP contribution >= 0.6 is 11.3 Å². The topological polar surface area (TPSA) is 42.2 Å². The Morgan fingerprint density at radius 3 is 2.80 bits per heavy atom. The molecule has 1 saturated heterocycles. The van der Waals surface area contributed by atoms with Gasteiger partial charge in [0.25, 0.3) is 0 Å². The molecule has 0 spiro atoms. The Kier molecular flexibility index (Phi) is 4.03. The maximum Gasteiger partial charge on any atom is 0.186 e. The van der Waals surface area contributed by atoms with Gasteiger partial charge in [0.2, 0.25) is 0 Å². The van der Waals surface area contributed by atoms with Crippen LogP contribution in [0.3, 0.4) is 0 Å². The number of hydrogen-bond acceptors (Lipinski definition) is 4. The van der Waals surface area contributed by atoms with Crippen molar-refractivity contribution in [2.75, 3.05) is 11.4 Å². The molecule has 1 atom stereocenters. The summed E-state index contributed by atoms with van der Waals surface area (Å²) in [6.45, 7) is 3.97.